The van der Waals surface area contributed by atoms with Crippen molar-refractivity contribution < 1.29 is 4.42 Å². The molecule has 6 aromatic carbocycles. The van der Waals surface area contributed by atoms with Crippen LogP contribution in [0.1, 0.15) is 23.6 Å². The van der Waals surface area contributed by atoms with E-state index in [1.54, 1.807) is 0 Å². The average Bonchev–Trinajstić information content (AvgIpc) is 3.71. The van der Waals surface area contributed by atoms with Gasteiger partial charge in [-0.05, 0) is 54.5 Å². The summed E-state index contributed by atoms with van der Waals surface area (Å²) in [5.41, 5.74) is 9.98. The Morgan fingerprint density at radius 1 is 0.745 bits per heavy atom. The van der Waals surface area contributed by atoms with E-state index in [0.29, 0.717) is 6.54 Å². The zero-order valence-electron chi connectivity index (χ0n) is 28.8. The lowest BCUT2D eigenvalue weighted by molar-refractivity contribution is 0.669. The van der Waals surface area contributed by atoms with Crippen LogP contribution < -0.4 is 10.3 Å². The number of hydrogen-bond donors (Lipinski definition) is 1. The number of nitrogens with one attached hydrogen (secondary N) is 1. The summed E-state index contributed by atoms with van der Waals surface area (Å²) in [5.74, 6) is 0.874. The van der Waals surface area contributed by atoms with Crippen LogP contribution in [0.5, 0.6) is 0 Å². The fourth-order valence-corrected chi connectivity index (χ4v) is 6.96. The van der Waals surface area contributed by atoms with Crippen molar-refractivity contribution in [3.8, 4) is 0 Å². The lowest BCUT2D eigenvalue weighted by Gasteiger charge is -2.25. The fourth-order valence-electron chi connectivity index (χ4n) is 6.96. The number of anilines is 2. The van der Waals surface area contributed by atoms with E-state index in [1.165, 1.54) is 10.8 Å². The topological polar surface area (TPSA) is 45.7 Å². The Morgan fingerprint density at radius 2 is 1.45 bits per heavy atom. The molecule has 248 valence electrons. The molecule has 0 radical (unpaired) electrons. The van der Waals surface area contributed by atoms with Gasteiger partial charge in [0.25, 0.3) is 0 Å². The van der Waals surface area contributed by atoms with Gasteiger partial charge in [-0.25, -0.2) is 0 Å². The van der Waals surface area contributed by atoms with E-state index in [2.05, 4.69) is 144 Å². The first-order valence-corrected chi connectivity index (χ1v) is 17.2. The third kappa shape index (κ3) is 6.00. The number of furan rings is 1. The number of hydrogen-bond acceptors (Lipinski definition) is 3. The van der Waals surface area contributed by atoms with Gasteiger partial charge >= 0.3 is 0 Å². The second-order valence-corrected chi connectivity index (χ2v) is 12.6. The second-order valence-electron chi connectivity index (χ2n) is 12.6. The molecule has 8 rings (SSSR count). The standard InChI is InChI=1S/C46H38N4O/c1-4-5-7-17-32(2)36-21-10-13-24-40(36)48-35-28-29-39-44(30-35)51-43-27-16-20-34(45(39)43)31-47-46(33-18-8-6-9-19-33)49(3)50-41-25-14-11-22-37(41)38-23-12-15-26-42(38)50/h4-30,48H,2,31H2,1,3H3/b5-4-,17-7-,47-46-. The highest BCUT2D eigenvalue weighted by atomic mass is 16.3. The molecule has 0 fully saturated rings. The predicted molar refractivity (Wildman–Crippen MR) is 217 cm³/mol. The summed E-state index contributed by atoms with van der Waals surface area (Å²) in [6.45, 7) is 6.78. The molecule has 1 N–H and O–H groups in total. The van der Waals surface area contributed by atoms with Gasteiger partial charge in [0.1, 0.15) is 17.0 Å². The Labute approximate surface area is 297 Å². The maximum absolute atomic E-state index is 6.47. The molecular formula is C46H38N4O. The molecule has 2 aromatic heterocycles. The minimum atomic E-state index is 0.480. The maximum atomic E-state index is 6.47. The average molecular weight is 663 g/mol. The van der Waals surface area contributed by atoms with E-state index in [4.69, 9.17) is 9.41 Å². The molecule has 0 aliphatic heterocycles. The first-order valence-electron chi connectivity index (χ1n) is 17.2. The fraction of sp³-hybridized carbons (Fsp3) is 0.0652. The summed E-state index contributed by atoms with van der Waals surface area (Å²) in [6.07, 6.45) is 8.04. The number of aliphatic imine (C=N–C) groups is 1. The number of aromatic nitrogens is 1. The molecule has 0 spiro atoms. The number of rotatable bonds is 9. The molecule has 8 aromatic rings. The van der Waals surface area contributed by atoms with Crippen LogP contribution in [0.2, 0.25) is 0 Å². The molecule has 5 nitrogen and oxygen atoms in total. The van der Waals surface area contributed by atoms with Gasteiger partial charge in [0.05, 0.1) is 17.6 Å². The van der Waals surface area contributed by atoms with Gasteiger partial charge in [0, 0.05) is 57.2 Å². The summed E-state index contributed by atoms with van der Waals surface area (Å²) in [6, 6.07) is 48.3. The van der Waals surface area contributed by atoms with Crippen molar-refractivity contribution in [2.75, 3.05) is 17.4 Å². The second kappa shape index (κ2) is 13.7. The van der Waals surface area contributed by atoms with Gasteiger partial charge in [-0.3, -0.25) is 14.7 Å². The minimum absolute atomic E-state index is 0.480. The van der Waals surface area contributed by atoms with E-state index >= 15 is 0 Å². The van der Waals surface area contributed by atoms with Gasteiger partial charge in [-0.2, -0.15) is 0 Å². The maximum Gasteiger partial charge on any atom is 0.150 e. The van der Waals surface area contributed by atoms with Crippen LogP contribution in [0, 0.1) is 0 Å². The Kier molecular flexibility index (Phi) is 8.52. The molecule has 0 atom stereocenters. The molecule has 0 saturated heterocycles. The van der Waals surface area contributed by atoms with Crippen LogP contribution in [0.4, 0.5) is 11.4 Å². The largest absolute Gasteiger partial charge is 0.456 e. The van der Waals surface area contributed by atoms with Crippen molar-refractivity contribution in [1.82, 2.24) is 4.68 Å². The predicted octanol–water partition coefficient (Wildman–Crippen LogP) is 11.8. The quantitative estimate of drug-likeness (QED) is 0.0950. The zero-order chi connectivity index (χ0) is 34.7. The number of benzene rings is 6. The van der Waals surface area contributed by atoms with Crippen LogP contribution in [-0.2, 0) is 6.54 Å². The molecule has 2 heterocycles. The molecule has 0 bridgehead atoms. The third-order valence-electron chi connectivity index (χ3n) is 9.33. The van der Waals surface area contributed by atoms with Crippen LogP contribution in [0.25, 0.3) is 49.3 Å². The summed E-state index contributed by atoms with van der Waals surface area (Å²) >= 11 is 0. The number of fused-ring (bicyclic) bond motifs is 6. The van der Waals surface area contributed by atoms with Crippen molar-refractivity contribution in [1.29, 1.82) is 0 Å². The van der Waals surface area contributed by atoms with E-state index in [0.717, 1.165) is 72.4 Å². The molecule has 0 saturated carbocycles. The summed E-state index contributed by atoms with van der Waals surface area (Å²) < 4.78 is 8.74. The van der Waals surface area contributed by atoms with Crippen molar-refractivity contribution in [3.05, 3.63) is 187 Å². The number of allylic oxidation sites excluding steroid dienone is 5. The molecule has 0 aliphatic rings. The van der Waals surface area contributed by atoms with Crippen molar-refractivity contribution in [2.45, 2.75) is 13.5 Å². The number of amidine groups is 1. The highest BCUT2D eigenvalue weighted by Crippen LogP contribution is 2.35. The van der Waals surface area contributed by atoms with Gasteiger partial charge in [-0.1, -0.05) is 128 Å². The summed E-state index contributed by atoms with van der Waals surface area (Å²) in [5, 5.41) is 10.3. The Bertz CT molecular complexity index is 2580. The third-order valence-corrected chi connectivity index (χ3v) is 9.33. The first-order chi connectivity index (χ1) is 25.1. The van der Waals surface area contributed by atoms with E-state index in [1.807, 2.05) is 55.5 Å². The lowest BCUT2D eigenvalue weighted by Crippen LogP contribution is -2.37. The first kappa shape index (κ1) is 31.7. The molecule has 0 aliphatic carbocycles. The van der Waals surface area contributed by atoms with Crippen molar-refractivity contribution in [3.63, 3.8) is 0 Å². The SMILES string of the molecule is C=C(/C=C\C=C/C)c1ccccc1Nc1ccc2c(c1)oc1cccc(C/N=C(/c3ccccc3)N(C)n3c4ccccc4c4ccccc43)c12. The smallest absolute Gasteiger partial charge is 0.150 e. The molecule has 0 amide bonds. The van der Waals surface area contributed by atoms with E-state index < -0.39 is 0 Å². The molecule has 0 unspecified atom stereocenters. The van der Waals surface area contributed by atoms with Gasteiger partial charge in [0.2, 0.25) is 0 Å². The summed E-state index contributed by atoms with van der Waals surface area (Å²) in [7, 11) is 2.10. The van der Waals surface area contributed by atoms with Crippen molar-refractivity contribution in [2.24, 2.45) is 4.99 Å². The number of para-hydroxylation sites is 3. The van der Waals surface area contributed by atoms with Crippen LogP contribution in [-0.4, -0.2) is 17.6 Å². The summed E-state index contributed by atoms with van der Waals surface area (Å²) in [4.78, 5) is 5.35. The van der Waals surface area contributed by atoms with Gasteiger partial charge in [-0.15, -0.1) is 0 Å². The van der Waals surface area contributed by atoms with Gasteiger partial charge < -0.3 is 9.73 Å². The monoisotopic (exact) mass is 662 g/mol. The normalized spacial score (nSPS) is 12.2. The highest BCUT2D eigenvalue weighted by Gasteiger charge is 2.19. The van der Waals surface area contributed by atoms with E-state index in [-0.39, 0.29) is 0 Å². The van der Waals surface area contributed by atoms with E-state index in [9.17, 15) is 0 Å². The minimum Gasteiger partial charge on any atom is -0.456 e. The van der Waals surface area contributed by atoms with Gasteiger partial charge in [0.15, 0.2) is 0 Å². The Hall–Kier alpha value is -6.59. The Balaban J connectivity index is 1.16. The van der Waals surface area contributed by atoms with Crippen LogP contribution in [0.3, 0.4) is 0 Å². The lowest BCUT2D eigenvalue weighted by atomic mass is 10.0. The molecule has 5 heteroatoms. The van der Waals surface area contributed by atoms with Crippen molar-refractivity contribution >= 4 is 66.5 Å². The molecule has 51 heavy (non-hydrogen) atoms. The molecular weight excluding hydrogens is 625 g/mol. The highest BCUT2D eigenvalue weighted by molar-refractivity contribution is 6.13. The van der Waals surface area contributed by atoms with Crippen LogP contribution >= 0.6 is 0 Å². The van der Waals surface area contributed by atoms with Crippen LogP contribution in [0.15, 0.2) is 180 Å². The zero-order valence-corrected chi connectivity index (χ0v) is 28.8. The Morgan fingerprint density at radius 3 is 2.22 bits per heavy atom. The number of nitrogens with zero attached hydrogens (tertiary/aromatic N) is 3.